The van der Waals surface area contributed by atoms with E-state index >= 15 is 0 Å². The predicted molar refractivity (Wildman–Crippen MR) is 63.4 cm³/mol. The minimum Gasteiger partial charge on any atom is -0.118 e. The van der Waals surface area contributed by atoms with Gasteiger partial charge < -0.3 is 0 Å². The van der Waals surface area contributed by atoms with E-state index in [0.29, 0.717) is 0 Å². The number of alkyl halides is 1. The largest absolute Gasteiger partial charge is 0.118 e. The summed E-state index contributed by atoms with van der Waals surface area (Å²) >= 11 is 13.4. The molecule has 0 amide bonds. The fourth-order valence-corrected chi connectivity index (χ4v) is 3.53. The lowest BCUT2D eigenvalue weighted by Gasteiger charge is -2.23. The fourth-order valence-electron chi connectivity index (χ4n) is 1.80. The molecule has 1 unspecified atom stereocenters. The summed E-state index contributed by atoms with van der Waals surface area (Å²) in [7, 11) is 0. The molecule has 1 aliphatic carbocycles. The summed E-state index contributed by atoms with van der Waals surface area (Å²) in [6.07, 6.45) is 3.42. The number of hydrogen-bond donors (Lipinski definition) is 0. The molecule has 0 heterocycles. The van der Waals surface area contributed by atoms with Crippen molar-refractivity contribution in [3.63, 3.8) is 0 Å². The maximum Gasteiger partial charge on any atom is 0.0599 e. The van der Waals surface area contributed by atoms with Crippen LogP contribution < -0.4 is 0 Å². The van der Waals surface area contributed by atoms with Crippen LogP contribution in [0.1, 0.15) is 29.3 Å². The van der Waals surface area contributed by atoms with Crippen molar-refractivity contribution >= 4 is 43.5 Å². The van der Waals surface area contributed by atoms with Crippen molar-refractivity contribution in [2.75, 3.05) is 0 Å². The zero-order valence-corrected chi connectivity index (χ0v) is 10.9. The molecule has 70 valence electrons. The lowest BCUT2D eigenvalue weighted by atomic mass is 9.91. The molecular weight excluding hydrogens is 315 g/mol. The Labute approximate surface area is 99.9 Å². The quantitative estimate of drug-likeness (QED) is 0.600. The van der Waals surface area contributed by atoms with Crippen LogP contribution in [-0.4, -0.2) is 0 Å². The molecule has 0 fully saturated rings. The van der Waals surface area contributed by atoms with Gasteiger partial charge in [0.2, 0.25) is 0 Å². The molecule has 0 nitrogen and oxygen atoms in total. The molecule has 0 saturated carbocycles. The van der Waals surface area contributed by atoms with E-state index in [-0.39, 0.29) is 5.38 Å². The van der Waals surface area contributed by atoms with E-state index in [2.05, 4.69) is 44.0 Å². The third kappa shape index (κ3) is 1.81. The molecule has 2 rings (SSSR count). The highest BCUT2D eigenvalue weighted by Crippen LogP contribution is 2.41. The average Bonchev–Trinajstić information content (AvgIpc) is 2.12. The van der Waals surface area contributed by atoms with Crippen molar-refractivity contribution in [1.29, 1.82) is 0 Å². The number of halogens is 3. The number of rotatable bonds is 0. The topological polar surface area (TPSA) is 0 Å². The lowest BCUT2D eigenvalue weighted by molar-refractivity contribution is 0.663. The number of benzene rings is 1. The standard InChI is InChI=1S/C10H9Br2Cl/c11-7-4-5-8(12)10-6(7)2-1-3-9(10)13/h4-5,9H,1-3H2. The van der Waals surface area contributed by atoms with Crippen LogP contribution in [0.2, 0.25) is 0 Å². The van der Waals surface area contributed by atoms with Crippen LogP contribution in [-0.2, 0) is 6.42 Å². The first kappa shape index (κ1) is 10.0. The van der Waals surface area contributed by atoms with Gasteiger partial charge in [0.25, 0.3) is 0 Å². The minimum absolute atomic E-state index is 0.177. The van der Waals surface area contributed by atoms with Crippen molar-refractivity contribution in [3.8, 4) is 0 Å². The van der Waals surface area contributed by atoms with Crippen LogP contribution in [0.15, 0.2) is 21.1 Å². The molecule has 0 saturated heterocycles. The highest BCUT2D eigenvalue weighted by molar-refractivity contribution is 9.11. The van der Waals surface area contributed by atoms with E-state index < -0.39 is 0 Å². The summed E-state index contributed by atoms with van der Waals surface area (Å²) in [6.45, 7) is 0. The Morgan fingerprint density at radius 2 is 1.92 bits per heavy atom. The van der Waals surface area contributed by atoms with E-state index in [4.69, 9.17) is 11.6 Å². The van der Waals surface area contributed by atoms with Crippen LogP contribution in [0.25, 0.3) is 0 Å². The first-order chi connectivity index (χ1) is 6.20. The Morgan fingerprint density at radius 1 is 1.23 bits per heavy atom. The summed E-state index contributed by atoms with van der Waals surface area (Å²) in [4.78, 5) is 0. The van der Waals surface area contributed by atoms with Gasteiger partial charge in [0, 0.05) is 8.95 Å². The van der Waals surface area contributed by atoms with Crippen molar-refractivity contribution in [3.05, 3.63) is 32.2 Å². The van der Waals surface area contributed by atoms with Crippen molar-refractivity contribution in [2.45, 2.75) is 24.6 Å². The molecule has 0 aliphatic heterocycles. The molecule has 1 aromatic carbocycles. The van der Waals surface area contributed by atoms with Gasteiger partial charge in [-0.15, -0.1) is 11.6 Å². The van der Waals surface area contributed by atoms with Crippen LogP contribution in [0, 0.1) is 0 Å². The normalized spacial score (nSPS) is 21.3. The Bertz CT molecular complexity index is 336. The van der Waals surface area contributed by atoms with Gasteiger partial charge in [0.05, 0.1) is 5.38 Å². The Balaban J connectivity index is 2.60. The highest BCUT2D eigenvalue weighted by atomic mass is 79.9. The van der Waals surface area contributed by atoms with E-state index in [1.54, 1.807) is 0 Å². The lowest BCUT2D eigenvalue weighted by Crippen LogP contribution is -2.06. The molecular formula is C10H9Br2Cl. The van der Waals surface area contributed by atoms with Gasteiger partial charge in [-0.2, -0.15) is 0 Å². The second-order valence-corrected chi connectivity index (χ2v) is 5.52. The number of hydrogen-bond acceptors (Lipinski definition) is 0. The summed E-state index contributed by atoms with van der Waals surface area (Å²) < 4.78 is 2.33. The zero-order valence-electron chi connectivity index (χ0n) is 6.99. The van der Waals surface area contributed by atoms with Crippen LogP contribution in [0.5, 0.6) is 0 Å². The SMILES string of the molecule is ClC1CCCc2c(Br)ccc(Br)c21. The fraction of sp³-hybridized carbons (Fsp3) is 0.400. The van der Waals surface area contributed by atoms with Crippen molar-refractivity contribution in [1.82, 2.24) is 0 Å². The van der Waals surface area contributed by atoms with Gasteiger partial charge in [0.15, 0.2) is 0 Å². The number of fused-ring (bicyclic) bond motifs is 1. The third-order valence-corrected chi connectivity index (χ3v) is 4.32. The van der Waals surface area contributed by atoms with Crippen molar-refractivity contribution in [2.24, 2.45) is 0 Å². The van der Waals surface area contributed by atoms with Gasteiger partial charge in [-0.05, 0) is 42.5 Å². The Hall–Kier alpha value is 0.470. The predicted octanol–water partition coefficient (Wildman–Crippen LogP) is 4.83. The molecule has 0 N–H and O–H groups in total. The van der Waals surface area contributed by atoms with Gasteiger partial charge in [-0.1, -0.05) is 31.9 Å². The van der Waals surface area contributed by atoms with Crippen LogP contribution >= 0.6 is 43.5 Å². The summed E-state index contributed by atoms with van der Waals surface area (Å²) in [5, 5.41) is 0.177. The zero-order chi connectivity index (χ0) is 9.42. The highest BCUT2D eigenvalue weighted by Gasteiger charge is 2.22. The second kappa shape index (κ2) is 3.92. The van der Waals surface area contributed by atoms with Gasteiger partial charge in [-0.3, -0.25) is 0 Å². The second-order valence-electron chi connectivity index (χ2n) is 3.28. The monoisotopic (exact) mass is 322 g/mol. The molecule has 0 spiro atoms. The Kier molecular flexibility index (Phi) is 3.01. The minimum atomic E-state index is 0.177. The molecule has 1 aliphatic rings. The van der Waals surface area contributed by atoms with Crippen LogP contribution in [0.3, 0.4) is 0 Å². The summed E-state index contributed by atoms with van der Waals surface area (Å²) in [6, 6.07) is 4.14. The maximum atomic E-state index is 6.27. The first-order valence-electron chi connectivity index (χ1n) is 4.31. The van der Waals surface area contributed by atoms with Gasteiger partial charge in [-0.25, -0.2) is 0 Å². The molecule has 0 aromatic heterocycles. The first-order valence-corrected chi connectivity index (χ1v) is 6.33. The van der Waals surface area contributed by atoms with Gasteiger partial charge in [0.1, 0.15) is 0 Å². The summed E-state index contributed by atoms with van der Waals surface area (Å²) in [5.74, 6) is 0. The van der Waals surface area contributed by atoms with E-state index in [1.165, 1.54) is 22.0 Å². The molecule has 1 aromatic rings. The average molecular weight is 324 g/mol. The molecule has 1 atom stereocenters. The van der Waals surface area contributed by atoms with Crippen LogP contribution in [0.4, 0.5) is 0 Å². The summed E-state index contributed by atoms with van der Waals surface area (Å²) in [5.41, 5.74) is 2.66. The Morgan fingerprint density at radius 3 is 2.62 bits per heavy atom. The molecule has 13 heavy (non-hydrogen) atoms. The van der Waals surface area contributed by atoms with E-state index in [1.807, 2.05) is 0 Å². The van der Waals surface area contributed by atoms with Gasteiger partial charge >= 0.3 is 0 Å². The molecule has 0 bridgehead atoms. The third-order valence-electron chi connectivity index (χ3n) is 2.44. The van der Waals surface area contributed by atoms with E-state index in [0.717, 1.165) is 17.3 Å². The van der Waals surface area contributed by atoms with E-state index in [9.17, 15) is 0 Å². The molecule has 0 radical (unpaired) electrons. The smallest absolute Gasteiger partial charge is 0.0599 e. The molecule has 3 heteroatoms. The maximum absolute atomic E-state index is 6.27. The van der Waals surface area contributed by atoms with Crippen molar-refractivity contribution < 1.29 is 0 Å².